The molecule has 0 radical (unpaired) electrons. The Morgan fingerprint density at radius 1 is 0.880 bits per heavy atom. The Balaban J connectivity index is 1.79. The number of methoxy groups -OCH3 is 2. The van der Waals surface area contributed by atoms with E-state index < -0.39 is 24.3 Å². The molecule has 0 aliphatic carbocycles. The maximum atomic E-state index is 12.3. The van der Waals surface area contributed by atoms with E-state index in [-0.39, 0.29) is 16.9 Å². The highest BCUT2D eigenvalue weighted by molar-refractivity contribution is 6.22. The van der Waals surface area contributed by atoms with Gasteiger partial charge in [-0.1, -0.05) is 18.2 Å². The Morgan fingerprint density at radius 2 is 1.40 bits per heavy atom. The lowest BCUT2D eigenvalue weighted by atomic mass is 10.1. The van der Waals surface area contributed by atoms with Crippen LogP contribution in [0.3, 0.4) is 0 Å². The first-order valence-electron chi connectivity index (χ1n) is 7.43. The summed E-state index contributed by atoms with van der Waals surface area (Å²) in [6.45, 7) is -0.506. The molecular weight excluding hydrogens is 326 g/mol. The molecule has 2 amide bonds. The number of amides is 2. The molecule has 0 N–H and O–H groups in total. The number of carbonyl (C=O) groups is 3. The van der Waals surface area contributed by atoms with Crippen LogP contribution < -0.4 is 14.2 Å². The molecule has 1 aliphatic rings. The van der Waals surface area contributed by atoms with Gasteiger partial charge in [-0.3, -0.25) is 14.5 Å². The molecule has 7 heteroatoms. The number of hydrogen-bond acceptors (Lipinski definition) is 6. The van der Waals surface area contributed by atoms with E-state index in [0.29, 0.717) is 11.5 Å². The Bertz CT molecular complexity index is 803. The van der Waals surface area contributed by atoms with Gasteiger partial charge in [-0.2, -0.15) is 0 Å². The summed E-state index contributed by atoms with van der Waals surface area (Å²) in [6.07, 6.45) is 0. The van der Waals surface area contributed by atoms with Gasteiger partial charge < -0.3 is 14.2 Å². The molecule has 3 rings (SSSR count). The predicted molar refractivity (Wildman–Crippen MR) is 87.0 cm³/mol. The smallest absolute Gasteiger partial charge is 0.331 e. The zero-order valence-electron chi connectivity index (χ0n) is 13.6. The summed E-state index contributed by atoms with van der Waals surface area (Å²) >= 11 is 0. The number of carbonyl (C=O) groups excluding carboxylic acids is 3. The van der Waals surface area contributed by atoms with Crippen molar-refractivity contribution in [3.8, 4) is 17.2 Å². The molecule has 0 saturated carbocycles. The molecule has 1 heterocycles. The molecule has 0 spiro atoms. The summed E-state index contributed by atoms with van der Waals surface area (Å²) < 4.78 is 15.6. The first-order valence-corrected chi connectivity index (χ1v) is 7.43. The minimum Gasteiger partial charge on any atom is -0.493 e. The van der Waals surface area contributed by atoms with E-state index in [4.69, 9.17) is 14.2 Å². The van der Waals surface area contributed by atoms with E-state index in [1.165, 1.54) is 14.2 Å². The number of imide groups is 1. The van der Waals surface area contributed by atoms with E-state index in [2.05, 4.69) is 0 Å². The second-order valence-corrected chi connectivity index (χ2v) is 5.21. The third kappa shape index (κ3) is 2.91. The SMILES string of the molecule is COc1cccc(OC)c1OC(=O)CN1C(=O)c2ccccc2C1=O. The minimum atomic E-state index is -0.780. The lowest BCUT2D eigenvalue weighted by Gasteiger charge is -2.15. The van der Waals surface area contributed by atoms with E-state index in [9.17, 15) is 14.4 Å². The molecule has 0 aromatic heterocycles. The zero-order valence-corrected chi connectivity index (χ0v) is 13.6. The maximum Gasteiger partial charge on any atom is 0.331 e. The molecule has 0 unspecified atom stereocenters. The highest BCUT2D eigenvalue weighted by Crippen LogP contribution is 2.37. The fourth-order valence-corrected chi connectivity index (χ4v) is 2.58. The summed E-state index contributed by atoms with van der Waals surface area (Å²) in [5, 5.41) is 0. The molecule has 128 valence electrons. The fraction of sp³-hybridized carbons (Fsp3) is 0.167. The Labute approximate surface area is 143 Å². The van der Waals surface area contributed by atoms with Crippen molar-refractivity contribution in [2.45, 2.75) is 0 Å². The van der Waals surface area contributed by atoms with Crippen molar-refractivity contribution < 1.29 is 28.6 Å². The first-order chi connectivity index (χ1) is 12.1. The Morgan fingerprint density at radius 3 is 1.88 bits per heavy atom. The van der Waals surface area contributed by atoms with Crippen LogP contribution >= 0.6 is 0 Å². The van der Waals surface area contributed by atoms with Crippen LogP contribution in [0.15, 0.2) is 42.5 Å². The molecular formula is C18H15NO6. The third-order valence-corrected chi connectivity index (χ3v) is 3.76. The van der Waals surface area contributed by atoms with Crippen molar-refractivity contribution in [2.75, 3.05) is 20.8 Å². The van der Waals surface area contributed by atoms with Gasteiger partial charge in [0.1, 0.15) is 6.54 Å². The van der Waals surface area contributed by atoms with Gasteiger partial charge in [-0.15, -0.1) is 0 Å². The fourth-order valence-electron chi connectivity index (χ4n) is 2.58. The number of hydrogen-bond donors (Lipinski definition) is 0. The van der Waals surface area contributed by atoms with Crippen molar-refractivity contribution in [3.63, 3.8) is 0 Å². The van der Waals surface area contributed by atoms with E-state index in [1.54, 1.807) is 42.5 Å². The first kappa shape index (κ1) is 16.5. The van der Waals surface area contributed by atoms with Gasteiger partial charge in [0.05, 0.1) is 25.3 Å². The van der Waals surface area contributed by atoms with Gasteiger partial charge in [-0.25, -0.2) is 4.79 Å². The molecule has 0 bridgehead atoms. The average molecular weight is 341 g/mol. The minimum absolute atomic E-state index is 0.0918. The molecule has 2 aromatic carbocycles. The van der Waals surface area contributed by atoms with E-state index >= 15 is 0 Å². The third-order valence-electron chi connectivity index (χ3n) is 3.76. The standard InChI is InChI=1S/C18H15NO6/c1-23-13-8-5-9-14(24-2)16(13)25-15(20)10-19-17(21)11-6-3-4-7-12(11)18(19)22/h3-9H,10H2,1-2H3. The second kappa shape index (κ2) is 6.64. The molecule has 0 atom stereocenters. The summed E-state index contributed by atoms with van der Waals surface area (Å²) in [5.74, 6) is -1.13. The lowest BCUT2D eigenvalue weighted by molar-refractivity contribution is -0.134. The highest BCUT2D eigenvalue weighted by Gasteiger charge is 2.36. The number of ether oxygens (including phenoxy) is 3. The van der Waals surface area contributed by atoms with E-state index in [0.717, 1.165) is 4.90 Å². The van der Waals surface area contributed by atoms with Crippen LogP contribution in [0.5, 0.6) is 17.2 Å². The summed E-state index contributed by atoms with van der Waals surface area (Å²) in [5.41, 5.74) is 0.547. The lowest BCUT2D eigenvalue weighted by Crippen LogP contribution is -2.36. The largest absolute Gasteiger partial charge is 0.493 e. The highest BCUT2D eigenvalue weighted by atomic mass is 16.6. The van der Waals surface area contributed by atoms with Crippen LogP contribution in [-0.4, -0.2) is 43.4 Å². The van der Waals surface area contributed by atoms with Crippen LogP contribution in [0.2, 0.25) is 0 Å². The van der Waals surface area contributed by atoms with Crippen molar-refractivity contribution >= 4 is 17.8 Å². The molecule has 0 saturated heterocycles. The Hall–Kier alpha value is -3.35. The van der Waals surface area contributed by atoms with Crippen molar-refractivity contribution in [2.24, 2.45) is 0 Å². The Kier molecular flexibility index (Phi) is 4.38. The van der Waals surface area contributed by atoms with Gasteiger partial charge in [0.25, 0.3) is 11.8 Å². The summed E-state index contributed by atoms with van der Waals surface area (Å²) in [7, 11) is 2.85. The number of rotatable bonds is 5. The second-order valence-electron chi connectivity index (χ2n) is 5.21. The number of benzene rings is 2. The summed E-state index contributed by atoms with van der Waals surface area (Å²) in [6, 6.07) is 11.3. The zero-order chi connectivity index (χ0) is 18.0. The number of fused-ring (bicyclic) bond motifs is 1. The van der Waals surface area contributed by atoms with Gasteiger partial charge in [0.2, 0.25) is 5.75 Å². The van der Waals surface area contributed by atoms with Crippen LogP contribution in [0.4, 0.5) is 0 Å². The summed E-state index contributed by atoms with van der Waals surface area (Å²) in [4.78, 5) is 37.7. The van der Waals surface area contributed by atoms with Crippen LogP contribution in [-0.2, 0) is 4.79 Å². The van der Waals surface area contributed by atoms with Gasteiger partial charge in [0, 0.05) is 0 Å². The molecule has 1 aliphatic heterocycles. The molecule has 0 fully saturated rings. The van der Waals surface area contributed by atoms with Crippen LogP contribution in [0, 0.1) is 0 Å². The topological polar surface area (TPSA) is 82.1 Å². The van der Waals surface area contributed by atoms with E-state index in [1.807, 2.05) is 0 Å². The molecule has 7 nitrogen and oxygen atoms in total. The number of nitrogens with zero attached hydrogens (tertiary/aromatic N) is 1. The number of esters is 1. The molecule has 25 heavy (non-hydrogen) atoms. The number of para-hydroxylation sites is 1. The van der Waals surface area contributed by atoms with Crippen molar-refractivity contribution in [1.82, 2.24) is 4.90 Å². The van der Waals surface area contributed by atoms with Gasteiger partial charge >= 0.3 is 5.97 Å². The molecule has 2 aromatic rings. The predicted octanol–water partition coefficient (Wildman–Crippen LogP) is 1.91. The average Bonchev–Trinajstić information content (AvgIpc) is 2.87. The van der Waals surface area contributed by atoms with Gasteiger partial charge in [-0.05, 0) is 24.3 Å². The van der Waals surface area contributed by atoms with Crippen molar-refractivity contribution in [1.29, 1.82) is 0 Å². The van der Waals surface area contributed by atoms with Crippen LogP contribution in [0.25, 0.3) is 0 Å². The van der Waals surface area contributed by atoms with Gasteiger partial charge in [0.15, 0.2) is 11.5 Å². The normalized spacial score (nSPS) is 12.8. The quantitative estimate of drug-likeness (QED) is 0.469. The monoisotopic (exact) mass is 341 g/mol. The maximum absolute atomic E-state index is 12.3. The van der Waals surface area contributed by atoms with Crippen molar-refractivity contribution in [3.05, 3.63) is 53.6 Å². The van der Waals surface area contributed by atoms with Crippen LogP contribution in [0.1, 0.15) is 20.7 Å².